The molecule has 0 radical (unpaired) electrons. The van der Waals surface area contributed by atoms with E-state index < -0.39 is 0 Å². The monoisotopic (exact) mass is 190 g/mol. The zero-order chi connectivity index (χ0) is 9.80. The minimum absolute atomic E-state index is 0.723. The molecule has 0 fully saturated rings. The first kappa shape index (κ1) is 9.21. The molecule has 1 N–H and O–H groups in total. The van der Waals surface area contributed by atoms with Gasteiger partial charge >= 0.3 is 0 Å². The molecule has 0 aromatic carbocycles. The Kier molecular flexibility index (Phi) is 2.79. The topological polar surface area (TPSA) is 34.1 Å². The van der Waals surface area contributed by atoms with E-state index in [1.165, 1.54) is 5.57 Å². The van der Waals surface area contributed by atoms with Crippen molar-refractivity contribution in [3.8, 4) is 5.88 Å². The Balaban J connectivity index is 2.34. The molecular formula is C11H14N2O. The zero-order valence-corrected chi connectivity index (χ0v) is 8.29. The zero-order valence-electron chi connectivity index (χ0n) is 8.29. The molecule has 1 aliphatic heterocycles. The van der Waals surface area contributed by atoms with Crippen LogP contribution in [0, 0.1) is 0 Å². The summed E-state index contributed by atoms with van der Waals surface area (Å²) in [6.07, 6.45) is 5.00. The number of pyridine rings is 1. The first-order valence-corrected chi connectivity index (χ1v) is 4.81. The summed E-state index contributed by atoms with van der Waals surface area (Å²) in [5, 5.41) is 3.28. The van der Waals surface area contributed by atoms with Crippen molar-refractivity contribution in [2.24, 2.45) is 0 Å². The summed E-state index contributed by atoms with van der Waals surface area (Å²) < 4.78 is 5.23. The predicted molar refractivity (Wildman–Crippen MR) is 56.3 cm³/mol. The van der Waals surface area contributed by atoms with Gasteiger partial charge in [0.05, 0.1) is 7.11 Å². The molecule has 74 valence electrons. The largest absolute Gasteiger partial charge is 0.481 e. The number of nitrogens with one attached hydrogen (secondary N) is 1. The fourth-order valence-corrected chi connectivity index (χ4v) is 1.67. The van der Waals surface area contributed by atoms with Crippen LogP contribution in [0.1, 0.15) is 12.0 Å². The molecule has 0 atom stereocenters. The fourth-order valence-electron chi connectivity index (χ4n) is 1.67. The van der Waals surface area contributed by atoms with E-state index in [0.717, 1.165) is 31.0 Å². The number of hydrogen-bond donors (Lipinski definition) is 1. The quantitative estimate of drug-likeness (QED) is 0.766. The van der Waals surface area contributed by atoms with Crippen molar-refractivity contribution in [1.82, 2.24) is 10.3 Å². The number of rotatable bonds is 2. The van der Waals surface area contributed by atoms with E-state index in [9.17, 15) is 0 Å². The van der Waals surface area contributed by atoms with Crippen molar-refractivity contribution in [2.45, 2.75) is 6.42 Å². The van der Waals surface area contributed by atoms with Gasteiger partial charge in [-0.3, -0.25) is 0 Å². The van der Waals surface area contributed by atoms with Gasteiger partial charge in [0.1, 0.15) is 0 Å². The Hall–Kier alpha value is -1.35. The van der Waals surface area contributed by atoms with Gasteiger partial charge in [-0.25, -0.2) is 4.98 Å². The highest BCUT2D eigenvalue weighted by Crippen LogP contribution is 2.26. The SMILES string of the molecule is COc1ncccc1C1=CCNCC1. The number of aromatic nitrogens is 1. The van der Waals surface area contributed by atoms with Crippen LogP contribution in [-0.4, -0.2) is 25.2 Å². The average Bonchev–Trinajstić information content (AvgIpc) is 2.30. The van der Waals surface area contributed by atoms with Crippen molar-refractivity contribution in [2.75, 3.05) is 20.2 Å². The van der Waals surface area contributed by atoms with Crippen LogP contribution in [-0.2, 0) is 0 Å². The summed E-state index contributed by atoms with van der Waals surface area (Å²) in [5.74, 6) is 0.723. The molecule has 1 aliphatic rings. The molecular weight excluding hydrogens is 176 g/mol. The molecule has 0 saturated heterocycles. The van der Waals surface area contributed by atoms with E-state index in [1.54, 1.807) is 13.3 Å². The lowest BCUT2D eigenvalue weighted by Crippen LogP contribution is -2.20. The average molecular weight is 190 g/mol. The Morgan fingerprint density at radius 2 is 2.43 bits per heavy atom. The third-order valence-electron chi connectivity index (χ3n) is 2.37. The Morgan fingerprint density at radius 3 is 3.14 bits per heavy atom. The first-order chi connectivity index (χ1) is 6.92. The Morgan fingerprint density at radius 1 is 1.50 bits per heavy atom. The molecule has 0 spiro atoms. The van der Waals surface area contributed by atoms with Crippen LogP contribution in [0.2, 0.25) is 0 Å². The van der Waals surface area contributed by atoms with Crippen LogP contribution in [0.15, 0.2) is 24.4 Å². The second-order valence-corrected chi connectivity index (χ2v) is 3.24. The molecule has 0 amide bonds. The van der Waals surface area contributed by atoms with Gasteiger partial charge in [0, 0.05) is 18.3 Å². The molecule has 2 heterocycles. The van der Waals surface area contributed by atoms with Gasteiger partial charge in [-0.1, -0.05) is 6.08 Å². The number of ether oxygens (including phenoxy) is 1. The molecule has 2 rings (SSSR count). The van der Waals surface area contributed by atoms with Crippen LogP contribution in [0.3, 0.4) is 0 Å². The van der Waals surface area contributed by atoms with E-state index >= 15 is 0 Å². The highest BCUT2D eigenvalue weighted by atomic mass is 16.5. The summed E-state index contributed by atoms with van der Waals surface area (Å²) in [7, 11) is 1.66. The molecule has 3 heteroatoms. The van der Waals surface area contributed by atoms with Crippen LogP contribution in [0.25, 0.3) is 5.57 Å². The van der Waals surface area contributed by atoms with Gasteiger partial charge in [-0.2, -0.15) is 0 Å². The molecule has 3 nitrogen and oxygen atoms in total. The van der Waals surface area contributed by atoms with Crippen LogP contribution < -0.4 is 10.1 Å². The summed E-state index contributed by atoms with van der Waals surface area (Å²) in [6, 6.07) is 4.00. The van der Waals surface area contributed by atoms with Crippen molar-refractivity contribution < 1.29 is 4.74 Å². The summed E-state index contributed by atoms with van der Waals surface area (Å²) >= 11 is 0. The number of hydrogen-bond acceptors (Lipinski definition) is 3. The van der Waals surface area contributed by atoms with Crippen molar-refractivity contribution in [1.29, 1.82) is 0 Å². The van der Waals surface area contributed by atoms with E-state index in [2.05, 4.69) is 22.4 Å². The van der Waals surface area contributed by atoms with E-state index in [-0.39, 0.29) is 0 Å². The smallest absolute Gasteiger partial charge is 0.220 e. The van der Waals surface area contributed by atoms with Gasteiger partial charge < -0.3 is 10.1 Å². The third kappa shape index (κ3) is 1.77. The number of nitrogens with zero attached hydrogens (tertiary/aromatic N) is 1. The van der Waals surface area contributed by atoms with Crippen LogP contribution >= 0.6 is 0 Å². The second kappa shape index (κ2) is 4.24. The maximum atomic E-state index is 5.23. The van der Waals surface area contributed by atoms with Crippen molar-refractivity contribution in [3.63, 3.8) is 0 Å². The van der Waals surface area contributed by atoms with Gasteiger partial charge in [0.2, 0.25) is 5.88 Å². The second-order valence-electron chi connectivity index (χ2n) is 3.24. The van der Waals surface area contributed by atoms with Gasteiger partial charge in [-0.05, 0) is 30.7 Å². The van der Waals surface area contributed by atoms with E-state index in [4.69, 9.17) is 4.74 Å². The van der Waals surface area contributed by atoms with Crippen molar-refractivity contribution in [3.05, 3.63) is 30.0 Å². The molecule has 0 unspecified atom stereocenters. The lowest BCUT2D eigenvalue weighted by molar-refractivity contribution is 0.396. The molecule has 0 aliphatic carbocycles. The minimum Gasteiger partial charge on any atom is -0.481 e. The molecule has 0 bridgehead atoms. The summed E-state index contributed by atoms with van der Waals surface area (Å²) in [5.41, 5.74) is 2.45. The Bertz CT molecular complexity index is 347. The standard InChI is InChI=1S/C11H14N2O/c1-14-11-10(3-2-6-13-11)9-4-7-12-8-5-9/h2-4,6,12H,5,7-8H2,1H3. The molecule has 0 saturated carbocycles. The highest BCUT2D eigenvalue weighted by Gasteiger charge is 2.10. The predicted octanol–water partition coefficient (Wildman–Crippen LogP) is 1.47. The van der Waals surface area contributed by atoms with Crippen molar-refractivity contribution >= 4 is 5.57 Å². The van der Waals surface area contributed by atoms with Gasteiger partial charge in [-0.15, -0.1) is 0 Å². The lowest BCUT2D eigenvalue weighted by Gasteiger charge is -2.15. The summed E-state index contributed by atoms with van der Waals surface area (Å²) in [4.78, 5) is 4.19. The van der Waals surface area contributed by atoms with Crippen LogP contribution in [0.4, 0.5) is 0 Å². The molecule has 1 aromatic heterocycles. The molecule has 14 heavy (non-hydrogen) atoms. The number of methoxy groups -OCH3 is 1. The lowest BCUT2D eigenvalue weighted by atomic mass is 10.0. The Labute approximate surface area is 83.8 Å². The molecule has 1 aromatic rings. The van der Waals surface area contributed by atoms with Gasteiger partial charge in [0.25, 0.3) is 0 Å². The first-order valence-electron chi connectivity index (χ1n) is 4.81. The minimum atomic E-state index is 0.723. The maximum absolute atomic E-state index is 5.23. The highest BCUT2D eigenvalue weighted by molar-refractivity contribution is 5.69. The van der Waals surface area contributed by atoms with Crippen LogP contribution in [0.5, 0.6) is 5.88 Å². The third-order valence-corrected chi connectivity index (χ3v) is 2.37. The summed E-state index contributed by atoms with van der Waals surface area (Å²) in [6.45, 7) is 1.97. The van der Waals surface area contributed by atoms with Gasteiger partial charge in [0.15, 0.2) is 0 Å². The van der Waals surface area contributed by atoms with E-state index in [0.29, 0.717) is 0 Å². The van der Waals surface area contributed by atoms with E-state index in [1.807, 2.05) is 6.07 Å². The maximum Gasteiger partial charge on any atom is 0.220 e. The normalized spacial score (nSPS) is 16.2. The fraction of sp³-hybridized carbons (Fsp3) is 0.364.